The zero-order valence-corrected chi connectivity index (χ0v) is 50.7. The van der Waals surface area contributed by atoms with Crippen molar-refractivity contribution in [1.29, 1.82) is 0 Å². The van der Waals surface area contributed by atoms with Gasteiger partial charge < -0.3 is 89.5 Å². The zero-order chi connectivity index (χ0) is 65.5. The molecule has 2 fully saturated rings. The summed E-state index contributed by atoms with van der Waals surface area (Å²) in [6, 6.07) is 1.48. The number of aromatic amines is 2. The van der Waals surface area contributed by atoms with E-state index in [1.165, 1.54) is 41.7 Å². The van der Waals surface area contributed by atoms with Gasteiger partial charge in [-0.15, -0.1) is 0 Å². The van der Waals surface area contributed by atoms with Crippen molar-refractivity contribution >= 4 is 81.9 Å². The number of aromatic hydroxyl groups is 1. The van der Waals surface area contributed by atoms with Gasteiger partial charge in [-0.3, -0.25) is 57.7 Å². The maximum absolute atomic E-state index is 14.6. The normalized spacial score (nSPS) is 16.8. The predicted molar refractivity (Wildman–Crippen MR) is 324 cm³/mol. The number of rotatable bonds is 30. The number of aliphatic hydroxyl groups is 1. The molecule has 4 heterocycles. The van der Waals surface area contributed by atoms with Gasteiger partial charge in [-0.1, -0.05) is 58.0 Å². The average molecular weight is 1240 g/mol. The number of carboxylic acid groups (broad SMARTS) is 1. The highest BCUT2D eigenvalue weighted by Crippen LogP contribution is 2.22. The summed E-state index contributed by atoms with van der Waals surface area (Å²) in [6.07, 6.45) is 5.64. The maximum atomic E-state index is 14.6. The second kappa shape index (κ2) is 34.1. The Balaban J connectivity index is 0.00000349. The van der Waals surface area contributed by atoms with Crippen LogP contribution in [0.1, 0.15) is 96.9 Å². The first-order valence-corrected chi connectivity index (χ1v) is 29.5. The molecule has 2 aliphatic heterocycles. The summed E-state index contributed by atoms with van der Waals surface area (Å²) in [5.74, 6) is -9.29. The fourth-order valence-corrected chi connectivity index (χ4v) is 10.1. The molecule has 2 aromatic heterocycles. The number of benzene rings is 2. The van der Waals surface area contributed by atoms with Gasteiger partial charge in [0.25, 0.3) is 5.97 Å². The van der Waals surface area contributed by atoms with Crippen molar-refractivity contribution < 1.29 is 68.1 Å². The van der Waals surface area contributed by atoms with Crippen molar-refractivity contribution in [3.63, 3.8) is 0 Å². The molecule has 0 spiro atoms. The number of imidazole rings is 1. The minimum atomic E-state index is -1.75. The van der Waals surface area contributed by atoms with Gasteiger partial charge in [-0.05, 0) is 80.2 Å². The van der Waals surface area contributed by atoms with E-state index in [9.17, 15) is 58.2 Å². The number of aliphatic carboxylic acids is 1. The molecule has 18 N–H and O–H groups in total. The van der Waals surface area contributed by atoms with E-state index in [0.29, 0.717) is 41.6 Å². The second-order valence-corrected chi connectivity index (χ2v) is 22.4. The van der Waals surface area contributed by atoms with Gasteiger partial charge >= 0.3 is 0 Å². The van der Waals surface area contributed by atoms with Crippen LogP contribution in [0, 0.1) is 11.8 Å². The number of carbonyl (C=O) groups excluding carboxylic acids is 10. The molecule has 0 radical (unpaired) electrons. The molecule has 2 aromatic carbocycles. The SMILES string of the molecule is CC(=O)O.CCNC(=O)C1CCCN1C(=O)C(CCCN=C(N)N)NC(=O)C(NC(=O)C(NC(=O)C(Cc1ccc(O)cc1)NC(=O)C(CO)NC(=O)C(Cc1c[nH]c2ccccc12)NC(=O)C(Cc1cnc[nH]1)NC(=O)C1CCC(=O)N1)C(C)C)C(C)C. The fraction of sp³-hybridized carbons (Fsp3) is 0.508. The summed E-state index contributed by atoms with van der Waals surface area (Å²) in [4.78, 5) is 163. The van der Waals surface area contributed by atoms with Crippen molar-refractivity contribution in [3.05, 3.63) is 84.1 Å². The molecule has 0 bridgehead atoms. The standard InChI is InChI=1S/C57H80N16O12.C2H4O2/c1-6-61-53(82)44-14-10-22-73(44)56(85)39(13-9-21-62-57(58)59)66-54(83)46(30(2)3)72-55(84)47(31(4)5)71-51(80)40(23-32-15-17-35(75)18-16-32)67-52(81)43(28-74)70-49(78)41(24-33-26-63-37-12-8-7-11-36(33)37)68-50(79)42(25-34-27-60-29-64-34)69-48(77)38-19-20-45(76)65-38;1-2(3)4/h7-8,11-12,15-18,26-27,29-31,38-44,46-47,63,74-75H,6,9-10,13-14,19-25,28H2,1-5H3,(H,60,64)(H,61,82)(H,65,76)(H,66,83)(H,67,81)(H,68,79)(H,69,77)(H,70,78)(H,71,80)(H,72,84)(H4,58,59,62);1H3,(H,3,4). The van der Waals surface area contributed by atoms with E-state index in [1.807, 2.05) is 6.07 Å². The Bertz CT molecular complexity index is 3120. The van der Waals surface area contributed by atoms with Crippen LogP contribution in [0.25, 0.3) is 10.9 Å². The molecule has 0 saturated carbocycles. The number of likely N-dealkylation sites (tertiary alicyclic amines) is 1. The van der Waals surface area contributed by atoms with E-state index in [4.69, 9.17) is 21.4 Å². The predicted octanol–water partition coefficient (Wildman–Crippen LogP) is -2.13. The number of likely N-dealkylation sites (N-methyl/N-ethyl adjacent to an activating group) is 1. The van der Waals surface area contributed by atoms with Gasteiger partial charge in [0.05, 0.1) is 12.9 Å². The maximum Gasteiger partial charge on any atom is 0.300 e. The highest BCUT2D eigenvalue weighted by atomic mass is 16.4. The largest absolute Gasteiger partial charge is 0.508 e. The first-order valence-electron chi connectivity index (χ1n) is 29.5. The van der Waals surface area contributed by atoms with Crippen molar-refractivity contribution in [1.82, 2.24) is 67.7 Å². The summed E-state index contributed by atoms with van der Waals surface area (Å²) < 4.78 is 0. The summed E-state index contributed by atoms with van der Waals surface area (Å²) in [5.41, 5.74) is 13.2. The quantitative estimate of drug-likeness (QED) is 0.0151. The first-order chi connectivity index (χ1) is 42.3. The Morgan fingerprint density at radius 1 is 0.719 bits per heavy atom. The third-order valence-electron chi connectivity index (χ3n) is 14.7. The van der Waals surface area contributed by atoms with E-state index in [0.717, 1.165) is 12.4 Å². The van der Waals surface area contributed by atoms with Crippen LogP contribution in [0.2, 0.25) is 0 Å². The lowest BCUT2D eigenvalue weighted by Crippen LogP contribution is -2.62. The number of aromatic nitrogens is 3. The Morgan fingerprint density at radius 2 is 1.29 bits per heavy atom. The number of guanidine groups is 1. The number of phenols is 1. The average Bonchev–Trinajstić information content (AvgIpc) is 4.31. The number of phenolic OH excluding ortho intramolecular Hbond substituents is 1. The number of fused-ring (bicyclic) bond motifs is 1. The van der Waals surface area contributed by atoms with Crippen LogP contribution in [0.3, 0.4) is 0 Å². The molecule has 2 saturated heterocycles. The number of aliphatic hydroxyl groups excluding tert-OH is 1. The van der Waals surface area contributed by atoms with E-state index >= 15 is 0 Å². The molecule has 30 heteroatoms. The van der Waals surface area contributed by atoms with Crippen molar-refractivity contribution in [2.24, 2.45) is 28.3 Å². The summed E-state index contributed by atoms with van der Waals surface area (Å²) in [5, 5.41) is 53.0. The van der Waals surface area contributed by atoms with Crippen molar-refractivity contribution in [2.45, 2.75) is 154 Å². The number of nitrogens with two attached hydrogens (primary N) is 2. The molecule has 484 valence electrons. The van der Waals surface area contributed by atoms with E-state index < -0.39 is 126 Å². The first kappa shape index (κ1) is 70.2. The third kappa shape index (κ3) is 21.3. The van der Waals surface area contributed by atoms with Crippen LogP contribution >= 0.6 is 0 Å². The lowest BCUT2D eigenvalue weighted by Gasteiger charge is -2.31. The zero-order valence-electron chi connectivity index (χ0n) is 50.7. The van der Waals surface area contributed by atoms with Gasteiger partial charge in [-0.2, -0.15) is 0 Å². The van der Waals surface area contributed by atoms with E-state index in [2.05, 4.69) is 67.8 Å². The van der Waals surface area contributed by atoms with Gasteiger partial charge in [0.1, 0.15) is 60.1 Å². The lowest BCUT2D eigenvalue weighted by atomic mass is 9.98. The minimum absolute atomic E-state index is 0.0826. The number of H-pyrrole nitrogens is 2. The van der Waals surface area contributed by atoms with Gasteiger partial charge in [0.2, 0.25) is 59.1 Å². The molecule has 89 heavy (non-hydrogen) atoms. The van der Waals surface area contributed by atoms with Gasteiger partial charge in [0, 0.05) is 81.2 Å². The summed E-state index contributed by atoms with van der Waals surface area (Å²) in [6.45, 7) is 9.24. The molecule has 4 aromatic rings. The van der Waals surface area contributed by atoms with Crippen LogP contribution < -0.4 is 59.3 Å². The van der Waals surface area contributed by atoms with Crippen LogP contribution in [0.4, 0.5) is 0 Å². The molecule has 2 aliphatic rings. The Morgan fingerprint density at radius 3 is 1.88 bits per heavy atom. The summed E-state index contributed by atoms with van der Waals surface area (Å²) >= 11 is 0. The highest BCUT2D eigenvalue weighted by molar-refractivity contribution is 5.99. The number of nitrogens with zero attached hydrogens (tertiary/aromatic N) is 3. The molecular formula is C59H84N16O14. The minimum Gasteiger partial charge on any atom is -0.508 e. The van der Waals surface area contributed by atoms with Crippen molar-refractivity contribution in [2.75, 3.05) is 26.2 Å². The van der Waals surface area contributed by atoms with Crippen LogP contribution in [0.5, 0.6) is 5.75 Å². The molecular weight excluding hydrogens is 1160 g/mol. The number of hydrogen-bond donors (Lipinski definition) is 16. The van der Waals surface area contributed by atoms with Gasteiger partial charge in [-0.25, -0.2) is 4.98 Å². The van der Waals surface area contributed by atoms with Crippen LogP contribution in [0.15, 0.2) is 72.2 Å². The van der Waals surface area contributed by atoms with Crippen molar-refractivity contribution in [3.8, 4) is 5.75 Å². The topological polar surface area (TPSA) is 469 Å². The number of aliphatic imine (C=N–C) groups is 1. The lowest BCUT2D eigenvalue weighted by molar-refractivity contribution is -0.142. The Labute approximate surface area is 514 Å². The Kier molecular flexibility index (Phi) is 26.9. The molecule has 9 atom stereocenters. The van der Waals surface area contributed by atoms with Gasteiger partial charge in [0.15, 0.2) is 5.96 Å². The molecule has 30 nitrogen and oxygen atoms in total. The summed E-state index contributed by atoms with van der Waals surface area (Å²) in [7, 11) is 0. The molecule has 0 aliphatic carbocycles. The number of hydrogen-bond acceptors (Lipinski definition) is 15. The Hall–Kier alpha value is -9.61. The van der Waals surface area contributed by atoms with Crippen LogP contribution in [-0.4, -0.2) is 187 Å². The number of para-hydroxylation sites is 1. The number of amides is 10. The number of carbonyl (C=O) groups is 11. The van der Waals surface area contributed by atoms with E-state index in [1.54, 1.807) is 59.0 Å². The second-order valence-electron chi connectivity index (χ2n) is 22.4. The highest BCUT2D eigenvalue weighted by Gasteiger charge is 2.40. The monoisotopic (exact) mass is 1240 g/mol. The van der Waals surface area contributed by atoms with Crippen LogP contribution in [-0.2, 0) is 72.0 Å². The molecule has 9 unspecified atom stereocenters. The number of nitrogens with one attached hydrogen (secondary N) is 11. The molecule has 10 amide bonds. The smallest absolute Gasteiger partial charge is 0.300 e. The molecule has 6 rings (SSSR count). The number of carboxylic acids is 1. The fourth-order valence-electron chi connectivity index (χ4n) is 10.1. The third-order valence-corrected chi connectivity index (χ3v) is 14.7. The van der Waals surface area contributed by atoms with E-state index in [-0.39, 0.29) is 81.6 Å².